The summed E-state index contributed by atoms with van der Waals surface area (Å²) in [5, 5.41) is 7.68. The lowest BCUT2D eigenvalue weighted by molar-refractivity contribution is -0.117. The van der Waals surface area contributed by atoms with Crippen molar-refractivity contribution in [1.29, 1.82) is 0 Å². The number of carbonyl (C=O) groups excluding carboxylic acids is 1. The van der Waals surface area contributed by atoms with Gasteiger partial charge in [0.1, 0.15) is 5.69 Å². The fraction of sp³-hybridized carbons (Fsp3) is 0.200. The van der Waals surface area contributed by atoms with Crippen molar-refractivity contribution in [3.8, 4) is 11.3 Å². The Labute approximate surface area is 167 Å². The van der Waals surface area contributed by atoms with Gasteiger partial charge in [-0.05, 0) is 18.7 Å². The van der Waals surface area contributed by atoms with Crippen LogP contribution in [0.1, 0.15) is 12.7 Å². The van der Waals surface area contributed by atoms with E-state index in [1.54, 1.807) is 18.2 Å². The van der Waals surface area contributed by atoms with Gasteiger partial charge >= 0.3 is 0 Å². The summed E-state index contributed by atoms with van der Waals surface area (Å²) < 4.78 is 5.42. The van der Waals surface area contributed by atoms with Gasteiger partial charge in [0.05, 0.1) is 28.8 Å². The Bertz CT molecular complexity index is 892. The molecule has 5 nitrogen and oxygen atoms in total. The molecule has 140 valence electrons. The van der Waals surface area contributed by atoms with E-state index in [0.29, 0.717) is 34.6 Å². The molecular weight excluding hydrogens is 385 g/mol. The number of halogens is 2. The van der Waals surface area contributed by atoms with Gasteiger partial charge in [-0.25, -0.2) is 0 Å². The number of anilines is 1. The van der Waals surface area contributed by atoms with E-state index in [1.165, 1.54) is 0 Å². The van der Waals surface area contributed by atoms with Crippen LogP contribution in [0.15, 0.2) is 59.1 Å². The maximum atomic E-state index is 12.4. The minimum atomic E-state index is -0.199. The molecule has 0 unspecified atom stereocenters. The number of rotatable bonds is 7. The van der Waals surface area contributed by atoms with Crippen LogP contribution in [0.25, 0.3) is 11.3 Å². The summed E-state index contributed by atoms with van der Waals surface area (Å²) in [5.74, 6) is 0.494. The summed E-state index contributed by atoms with van der Waals surface area (Å²) in [7, 11) is 0. The van der Waals surface area contributed by atoms with Crippen molar-refractivity contribution in [1.82, 2.24) is 10.1 Å². The van der Waals surface area contributed by atoms with Gasteiger partial charge in [-0.2, -0.15) is 0 Å². The molecule has 1 aromatic heterocycles. The molecule has 0 aliphatic heterocycles. The van der Waals surface area contributed by atoms with E-state index in [-0.39, 0.29) is 12.5 Å². The fourth-order valence-electron chi connectivity index (χ4n) is 2.63. The number of carbonyl (C=O) groups is 1. The number of nitrogens with one attached hydrogen (secondary N) is 1. The Morgan fingerprint density at radius 1 is 1.11 bits per heavy atom. The quantitative estimate of drug-likeness (QED) is 0.595. The highest BCUT2D eigenvalue weighted by molar-refractivity contribution is 6.39. The topological polar surface area (TPSA) is 58.4 Å². The SMILES string of the molecule is CCN(CC(=O)Nc1c(Cl)cccc1Cl)Cc1cc(-c2ccccc2)no1. The number of amides is 1. The summed E-state index contributed by atoms with van der Waals surface area (Å²) in [6.45, 7) is 3.30. The zero-order valence-electron chi connectivity index (χ0n) is 14.8. The zero-order chi connectivity index (χ0) is 19.2. The molecule has 3 aromatic rings. The number of para-hydroxylation sites is 1. The Balaban J connectivity index is 1.62. The van der Waals surface area contributed by atoms with Gasteiger partial charge in [-0.15, -0.1) is 0 Å². The minimum Gasteiger partial charge on any atom is -0.359 e. The highest BCUT2D eigenvalue weighted by atomic mass is 35.5. The second-order valence-electron chi connectivity index (χ2n) is 5.99. The summed E-state index contributed by atoms with van der Waals surface area (Å²) in [6, 6.07) is 16.8. The molecule has 1 heterocycles. The van der Waals surface area contributed by atoms with Crippen LogP contribution in [0.5, 0.6) is 0 Å². The lowest BCUT2D eigenvalue weighted by Crippen LogP contribution is -2.32. The molecule has 0 spiro atoms. The first kappa shape index (κ1) is 19.4. The predicted molar refractivity (Wildman–Crippen MR) is 108 cm³/mol. The van der Waals surface area contributed by atoms with Crippen molar-refractivity contribution in [3.63, 3.8) is 0 Å². The van der Waals surface area contributed by atoms with Crippen LogP contribution in [0.4, 0.5) is 5.69 Å². The van der Waals surface area contributed by atoms with Crippen molar-refractivity contribution in [2.45, 2.75) is 13.5 Å². The first-order valence-electron chi connectivity index (χ1n) is 8.54. The van der Waals surface area contributed by atoms with Gasteiger partial charge < -0.3 is 9.84 Å². The standard InChI is InChI=1S/C20H19Cl2N3O2/c1-2-25(13-19(26)23-20-16(21)9-6-10-17(20)22)12-15-11-18(24-27-15)14-7-4-3-5-8-14/h3-11H,2,12-13H2,1H3,(H,23,26). The second-order valence-corrected chi connectivity index (χ2v) is 6.81. The Morgan fingerprint density at radius 3 is 2.48 bits per heavy atom. The third kappa shape index (κ3) is 5.10. The minimum absolute atomic E-state index is 0.180. The Hall–Kier alpha value is -2.34. The molecule has 0 radical (unpaired) electrons. The molecule has 0 atom stereocenters. The van der Waals surface area contributed by atoms with Crippen LogP contribution in [0.2, 0.25) is 10.0 Å². The predicted octanol–water partition coefficient (Wildman–Crippen LogP) is 5.11. The van der Waals surface area contributed by atoms with E-state index in [0.717, 1.165) is 11.3 Å². The van der Waals surface area contributed by atoms with Gasteiger partial charge in [0.2, 0.25) is 5.91 Å². The van der Waals surface area contributed by atoms with Crippen molar-refractivity contribution in [3.05, 3.63) is 70.4 Å². The van der Waals surface area contributed by atoms with E-state index in [2.05, 4.69) is 10.5 Å². The van der Waals surface area contributed by atoms with Gasteiger partial charge in [0.25, 0.3) is 0 Å². The normalized spacial score (nSPS) is 11.0. The largest absolute Gasteiger partial charge is 0.359 e. The van der Waals surface area contributed by atoms with Gasteiger partial charge in [0.15, 0.2) is 5.76 Å². The zero-order valence-corrected chi connectivity index (χ0v) is 16.3. The van der Waals surface area contributed by atoms with Gasteiger partial charge in [-0.3, -0.25) is 9.69 Å². The molecule has 0 bridgehead atoms. The molecule has 27 heavy (non-hydrogen) atoms. The maximum absolute atomic E-state index is 12.4. The van der Waals surface area contributed by atoms with Gasteiger partial charge in [-0.1, -0.05) is 71.7 Å². The molecule has 0 aliphatic rings. The van der Waals surface area contributed by atoms with Crippen molar-refractivity contribution in [2.24, 2.45) is 0 Å². The van der Waals surface area contributed by atoms with Crippen LogP contribution >= 0.6 is 23.2 Å². The van der Waals surface area contributed by atoms with Crippen molar-refractivity contribution < 1.29 is 9.32 Å². The van der Waals surface area contributed by atoms with E-state index in [9.17, 15) is 4.79 Å². The van der Waals surface area contributed by atoms with Crippen molar-refractivity contribution >= 4 is 34.8 Å². The van der Waals surface area contributed by atoms with Crippen LogP contribution in [-0.2, 0) is 11.3 Å². The molecule has 3 rings (SSSR count). The number of likely N-dealkylation sites (N-methyl/N-ethyl adjacent to an activating group) is 1. The molecular formula is C20H19Cl2N3O2. The first-order valence-corrected chi connectivity index (χ1v) is 9.29. The monoisotopic (exact) mass is 403 g/mol. The Kier molecular flexibility index (Phi) is 6.50. The average Bonchev–Trinajstić information content (AvgIpc) is 3.13. The molecule has 0 saturated carbocycles. The number of aromatic nitrogens is 1. The van der Waals surface area contributed by atoms with Crippen LogP contribution in [0.3, 0.4) is 0 Å². The Morgan fingerprint density at radius 2 is 1.81 bits per heavy atom. The van der Waals surface area contributed by atoms with E-state index >= 15 is 0 Å². The summed E-state index contributed by atoms with van der Waals surface area (Å²) in [6.07, 6.45) is 0. The number of hydrogen-bond donors (Lipinski definition) is 1. The smallest absolute Gasteiger partial charge is 0.238 e. The third-order valence-electron chi connectivity index (χ3n) is 4.05. The summed E-state index contributed by atoms with van der Waals surface area (Å²) >= 11 is 12.2. The number of hydrogen-bond acceptors (Lipinski definition) is 4. The second kappa shape index (κ2) is 9.04. The fourth-order valence-corrected chi connectivity index (χ4v) is 3.12. The molecule has 2 aromatic carbocycles. The number of benzene rings is 2. The molecule has 1 N–H and O–H groups in total. The summed E-state index contributed by atoms with van der Waals surface area (Å²) in [5.41, 5.74) is 2.18. The third-order valence-corrected chi connectivity index (χ3v) is 4.68. The van der Waals surface area contributed by atoms with Crippen LogP contribution in [0, 0.1) is 0 Å². The molecule has 0 aliphatic carbocycles. The lowest BCUT2D eigenvalue weighted by Gasteiger charge is -2.18. The highest BCUT2D eigenvalue weighted by Crippen LogP contribution is 2.29. The molecule has 0 saturated heterocycles. The average molecular weight is 404 g/mol. The summed E-state index contributed by atoms with van der Waals surface area (Å²) in [4.78, 5) is 14.3. The number of nitrogens with zero attached hydrogens (tertiary/aromatic N) is 2. The van der Waals surface area contributed by atoms with Crippen molar-refractivity contribution in [2.75, 3.05) is 18.4 Å². The van der Waals surface area contributed by atoms with Crippen LogP contribution < -0.4 is 5.32 Å². The molecule has 1 amide bonds. The van der Waals surface area contributed by atoms with Crippen LogP contribution in [-0.4, -0.2) is 29.1 Å². The molecule has 0 fully saturated rings. The lowest BCUT2D eigenvalue weighted by atomic mass is 10.1. The van der Waals surface area contributed by atoms with E-state index in [1.807, 2.05) is 48.2 Å². The maximum Gasteiger partial charge on any atom is 0.238 e. The molecule has 7 heteroatoms. The highest BCUT2D eigenvalue weighted by Gasteiger charge is 2.15. The van der Waals surface area contributed by atoms with E-state index in [4.69, 9.17) is 27.7 Å². The van der Waals surface area contributed by atoms with E-state index < -0.39 is 0 Å². The first-order chi connectivity index (χ1) is 13.1. The van der Waals surface area contributed by atoms with Gasteiger partial charge in [0, 0.05) is 11.6 Å².